The van der Waals surface area contributed by atoms with Gasteiger partial charge >= 0.3 is 11.9 Å². The lowest BCUT2D eigenvalue weighted by Gasteiger charge is -2.31. The Kier molecular flexibility index (Phi) is 20.5. The molecule has 0 saturated carbocycles. The van der Waals surface area contributed by atoms with Crippen molar-refractivity contribution in [2.24, 2.45) is 23.5 Å². The van der Waals surface area contributed by atoms with E-state index in [0.29, 0.717) is 31.2 Å². The SMILES string of the molecule is CC[C@H](C)[C@@H]1NC(=O)[C@H](CCCCN)NC(=O)[C@H](CC(=O)O)NC(=O)[C@H](CC(=O)O)NC(=O)[C@H]([C@@H](C)CC)NC(=O)[C@H](C(C)C)NC(=O)[C@H](Cc2ccccc2)NC1=O. The first-order valence-corrected chi connectivity index (χ1v) is 20.1. The second kappa shape index (κ2) is 24.4. The number of nitrogens with two attached hydrogens (primary N) is 1. The lowest BCUT2D eigenvalue weighted by molar-refractivity contribution is -0.144. The number of amides is 7. The topological polar surface area (TPSA) is 304 Å². The molecule has 0 bridgehead atoms. The summed E-state index contributed by atoms with van der Waals surface area (Å²) in [6.07, 6.45) is -0.539. The molecule has 11 N–H and O–H groups in total. The van der Waals surface area contributed by atoms with Crippen molar-refractivity contribution in [3.05, 3.63) is 35.9 Å². The van der Waals surface area contributed by atoms with Gasteiger partial charge in [-0.15, -0.1) is 0 Å². The lowest BCUT2D eigenvalue weighted by atomic mass is 9.95. The Morgan fingerprint density at radius 2 is 0.949 bits per heavy atom. The summed E-state index contributed by atoms with van der Waals surface area (Å²) < 4.78 is 0. The highest BCUT2D eigenvalue weighted by Crippen LogP contribution is 2.15. The van der Waals surface area contributed by atoms with Crippen molar-refractivity contribution in [2.75, 3.05) is 6.54 Å². The number of nitrogens with one attached hydrogen (secondary N) is 7. The molecule has 1 aromatic carbocycles. The van der Waals surface area contributed by atoms with E-state index in [-0.39, 0.29) is 19.4 Å². The Labute approximate surface area is 344 Å². The van der Waals surface area contributed by atoms with Crippen LogP contribution in [-0.2, 0) is 49.6 Å². The van der Waals surface area contributed by atoms with Gasteiger partial charge in [0, 0.05) is 6.42 Å². The van der Waals surface area contributed by atoms with Gasteiger partial charge in [-0.05, 0) is 49.1 Å². The van der Waals surface area contributed by atoms with E-state index >= 15 is 0 Å². The van der Waals surface area contributed by atoms with Gasteiger partial charge in [-0.1, -0.05) is 84.7 Å². The first-order valence-electron chi connectivity index (χ1n) is 20.1. The molecule has 59 heavy (non-hydrogen) atoms. The van der Waals surface area contributed by atoms with Crippen molar-refractivity contribution in [1.82, 2.24) is 37.2 Å². The molecular formula is C40H62N8O11. The minimum Gasteiger partial charge on any atom is -0.481 e. The highest BCUT2D eigenvalue weighted by atomic mass is 16.4. The first-order chi connectivity index (χ1) is 27.8. The molecule has 0 radical (unpaired) electrons. The van der Waals surface area contributed by atoms with E-state index < -0.39 is 126 Å². The molecule has 9 atom stereocenters. The molecule has 7 amide bonds. The summed E-state index contributed by atoms with van der Waals surface area (Å²) in [5, 5.41) is 37.1. The fourth-order valence-corrected chi connectivity index (χ4v) is 6.35. The van der Waals surface area contributed by atoms with Crippen LogP contribution in [0.4, 0.5) is 0 Å². The summed E-state index contributed by atoms with van der Waals surface area (Å²) in [7, 11) is 0. The van der Waals surface area contributed by atoms with E-state index in [1.165, 1.54) is 0 Å². The average molecular weight is 831 g/mol. The van der Waals surface area contributed by atoms with Gasteiger partial charge in [0.15, 0.2) is 0 Å². The summed E-state index contributed by atoms with van der Waals surface area (Å²) in [5.41, 5.74) is 6.34. The quantitative estimate of drug-likeness (QED) is 0.0998. The van der Waals surface area contributed by atoms with E-state index in [1.807, 2.05) is 0 Å². The first kappa shape index (κ1) is 49.6. The number of carbonyl (C=O) groups excluding carboxylic acids is 7. The number of carbonyl (C=O) groups is 9. The van der Waals surface area contributed by atoms with Gasteiger partial charge < -0.3 is 53.2 Å². The second-order valence-corrected chi connectivity index (χ2v) is 15.4. The van der Waals surface area contributed by atoms with E-state index in [0.717, 1.165) is 0 Å². The van der Waals surface area contributed by atoms with Crippen LogP contribution < -0.4 is 43.0 Å². The molecule has 0 spiro atoms. The fourth-order valence-electron chi connectivity index (χ4n) is 6.35. The van der Waals surface area contributed by atoms with Gasteiger partial charge in [-0.2, -0.15) is 0 Å². The van der Waals surface area contributed by atoms with Gasteiger partial charge in [-0.3, -0.25) is 43.2 Å². The second-order valence-electron chi connectivity index (χ2n) is 15.4. The smallest absolute Gasteiger partial charge is 0.305 e. The summed E-state index contributed by atoms with van der Waals surface area (Å²) >= 11 is 0. The molecule has 0 aliphatic carbocycles. The van der Waals surface area contributed by atoms with Crippen LogP contribution in [0.15, 0.2) is 30.3 Å². The molecule has 1 aliphatic rings. The molecule has 328 valence electrons. The van der Waals surface area contributed by atoms with Crippen molar-refractivity contribution < 1.29 is 53.4 Å². The maximum absolute atomic E-state index is 14.1. The summed E-state index contributed by atoms with van der Waals surface area (Å²) in [5.74, 6) is -11.1. The Morgan fingerprint density at radius 1 is 0.559 bits per heavy atom. The average Bonchev–Trinajstić information content (AvgIpc) is 3.18. The Hall–Kier alpha value is -5.59. The number of aliphatic carboxylic acids is 2. The minimum atomic E-state index is -1.85. The van der Waals surface area contributed by atoms with Crippen LogP contribution in [0.5, 0.6) is 0 Å². The van der Waals surface area contributed by atoms with Gasteiger partial charge in [-0.25, -0.2) is 0 Å². The third kappa shape index (κ3) is 15.9. The number of benzene rings is 1. The van der Waals surface area contributed by atoms with Crippen LogP contribution >= 0.6 is 0 Å². The van der Waals surface area contributed by atoms with Crippen LogP contribution in [0.2, 0.25) is 0 Å². The molecule has 19 heteroatoms. The number of hydrogen-bond acceptors (Lipinski definition) is 10. The predicted octanol–water partition coefficient (Wildman–Crippen LogP) is -0.537. The number of carboxylic acids is 2. The van der Waals surface area contributed by atoms with Crippen LogP contribution in [0.3, 0.4) is 0 Å². The fraction of sp³-hybridized carbons (Fsp3) is 0.625. The zero-order valence-corrected chi connectivity index (χ0v) is 34.7. The molecule has 0 aromatic heterocycles. The number of hydrogen-bond donors (Lipinski definition) is 10. The molecule has 1 fully saturated rings. The normalized spacial score (nSPS) is 25.4. The molecule has 19 nitrogen and oxygen atoms in total. The number of unbranched alkanes of at least 4 members (excludes halogenated alkanes) is 1. The summed E-state index contributed by atoms with van der Waals surface area (Å²) in [6, 6.07) is -1.42. The van der Waals surface area contributed by atoms with Crippen molar-refractivity contribution >= 4 is 53.3 Å². The Morgan fingerprint density at radius 3 is 1.41 bits per heavy atom. The van der Waals surface area contributed by atoms with Gasteiger partial charge in [0.1, 0.15) is 42.3 Å². The molecule has 1 saturated heterocycles. The summed E-state index contributed by atoms with van der Waals surface area (Å²) in [4.78, 5) is 121. The van der Waals surface area contributed by atoms with Crippen molar-refractivity contribution in [3.8, 4) is 0 Å². The number of carboxylic acid groups (broad SMARTS) is 2. The monoisotopic (exact) mass is 830 g/mol. The maximum Gasteiger partial charge on any atom is 0.305 e. The molecule has 1 aromatic rings. The molecular weight excluding hydrogens is 768 g/mol. The van der Waals surface area contributed by atoms with Crippen LogP contribution in [0.1, 0.15) is 92.1 Å². The van der Waals surface area contributed by atoms with Crippen molar-refractivity contribution in [2.45, 2.75) is 135 Å². The van der Waals surface area contributed by atoms with E-state index in [2.05, 4.69) is 37.2 Å². The van der Waals surface area contributed by atoms with E-state index in [9.17, 15) is 53.4 Å². The van der Waals surface area contributed by atoms with E-state index in [1.54, 1.807) is 71.9 Å². The third-order valence-corrected chi connectivity index (χ3v) is 10.4. The Bertz CT molecular complexity index is 1640. The van der Waals surface area contributed by atoms with E-state index in [4.69, 9.17) is 5.73 Å². The van der Waals surface area contributed by atoms with Crippen LogP contribution in [0, 0.1) is 17.8 Å². The third-order valence-electron chi connectivity index (χ3n) is 10.4. The molecule has 1 aliphatic heterocycles. The standard InChI is InChI=1S/C40H62N8O11/c1-7-22(5)32-39(58)44-26(18-24-14-10-9-11-15-24)37(56)46-31(21(3)4)38(57)48-33(23(6)8-2)40(59)45-28(20-30(51)52)36(55)43-27(19-29(49)50)35(54)42-25(34(53)47-32)16-12-13-17-41/h9-11,14-15,21-23,25-28,31-33H,7-8,12-13,16-20,41H2,1-6H3,(H,42,54)(H,43,55)(H,44,58)(H,45,59)(H,46,56)(H,47,53)(H,48,57)(H,49,50)(H,51,52)/t22-,23-,25-,26-,27-,28-,31-,32-,33-/m0/s1. The highest BCUT2D eigenvalue weighted by molar-refractivity contribution is 6.00. The Balaban J connectivity index is 2.80. The highest BCUT2D eigenvalue weighted by Gasteiger charge is 2.38. The zero-order chi connectivity index (χ0) is 44.4. The van der Waals surface area contributed by atoms with Crippen molar-refractivity contribution in [3.63, 3.8) is 0 Å². The maximum atomic E-state index is 14.1. The molecule has 2 rings (SSSR count). The van der Waals surface area contributed by atoms with Crippen molar-refractivity contribution in [1.29, 1.82) is 0 Å². The summed E-state index contributed by atoms with van der Waals surface area (Å²) in [6.45, 7) is 10.4. The zero-order valence-electron chi connectivity index (χ0n) is 34.7. The number of rotatable bonds is 15. The minimum absolute atomic E-state index is 0.0112. The van der Waals surface area contributed by atoms with Gasteiger partial charge in [0.25, 0.3) is 0 Å². The van der Waals surface area contributed by atoms with Gasteiger partial charge in [0.05, 0.1) is 12.8 Å². The largest absolute Gasteiger partial charge is 0.481 e. The molecule has 0 unspecified atom stereocenters. The van der Waals surface area contributed by atoms with Crippen LogP contribution in [-0.4, -0.2) is 112 Å². The predicted molar refractivity (Wildman–Crippen MR) is 215 cm³/mol. The van der Waals surface area contributed by atoms with Gasteiger partial charge in [0.2, 0.25) is 41.4 Å². The molecule has 1 heterocycles. The van der Waals surface area contributed by atoms with Crippen LogP contribution in [0.25, 0.3) is 0 Å². The lowest BCUT2D eigenvalue weighted by Crippen LogP contribution is -2.62.